The summed E-state index contributed by atoms with van der Waals surface area (Å²) in [7, 11) is 0. The molecule has 0 saturated carbocycles. The average Bonchev–Trinajstić information content (AvgIpc) is 2.61. The Hall–Kier alpha value is -2.58. The van der Waals surface area contributed by atoms with Crippen molar-refractivity contribution in [2.45, 2.75) is 12.1 Å². The Balaban J connectivity index is 1.93. The molecule has 0 aliphatic carbocycles. The van der Waals surface area contributed by atoms with Gasteiger partial charge in [0.1, 0.15) is 0 Å². The Bertz CT molecular complexity index is 681. The van der Waals surface area contributed by atoms with Crippen molar-refractivity contribution >= 4 is 5.69 Å². The van der Waals surface area contributed by atoms with Gasteiger partial charge in [0.25, 0.3) is 0 Å². The molecule has 2 nitrogen and oxygen atoms in total. The maximum absolute atomic E-state index is 6.56. The van der Waals surface area contributed by atoms with Crippen molar-refractivity contribution in [2.24, 2.45) is 5.73 Å². The van der Waals surface area contributed by atoms with E-state index in [4.69, 9.17) is 5.73 Å². The molecule has 0 fully saturated rings. The molecule has 3 rings (SSSR count). The fourth-order valence-electron chi connectivity index (χ4n) is 2.62. The quantitative estimate of drug-likeness (QED) is 0.723. The first kappa shape index (κ1) is 14.4. The zero-order chi connectivity index (χ0) is 15.2. The number of nitrogens with one attached hydrogen (secondary N) is 1. The van der Waals surface area contributed by atoms with Gasteiger partial charge in [0.15, 0.2) is 0 Å². The number of rotatable bonds is 5. The number of hydrogen-bond acceptors (Lipinski definition) is 2. The number of nitrogens with two attached hydrogens (primary N) is 1. The van der Waals surface area contributed by atoms with Gasteiger partial charge in [-0.25, -0.2) is 0 Å². The first-order chi connectivity index (χ1) is 10.8. The summed E-state index contributed by atoms with van der Waals surface area (Å²) in [6, 6.07) is 30.7. The highest BCUT2D eigenvalue weighted by Gasteiger charge is 2.21. The minimum Gasteiger partial charge on any atom is -0.376 e. The van der Waals surface area contributed by atoms with Gasteiger partial charge in [-0.1, -0.05) is 78.9 Å². The summed E-state index contributed by atoms with van der Waals surface area (Å²) in [6.07, 6.45) is 0. The summed E-state index contributed by atoms with van der Waals surface area (Å²) in [4.78, 5) is 0. The van der Waals surface area contributed by atoms with E-state index in [0.29, 0.717) is 0 Å². The molecule has 0 bridgehead atoms. The molecule has 0 aromatic heterocycles. The molecule has 0 aliphatic rings. The molecule has 3 aromatic rings. The summed E-state index contributed by atoms with van der Waals surface area (Å²) in [5.74, 6) is 0. The average molecular weight is 288 g/mol. The number of hydrogen-bond donors (Lipinski definition) is 2. The van der Waals surface area contributed by atoms with Crippen molar-refractivity contribution < 1.29 is 0 Å². The molecular weight excluding hydrogens is 268 g/mol. The van der Waals surface area contributed by atoms with E-state index in [1.165, 1.54) is 5.56 Å². The van der Waals surface area contributed by atoms with Crippen molar-refractivity contribution in [1.82, 2.24) is 0 Å². The van der Waals surface area contributed by atoms with Crippen LogP contribution in [-0.4, -0.2) is 0 Å². The van der Waals surface area contributed by atoms with Gasteiger partial charge in [-0.05, 0) is 23.3 Å². The molecule has 3 aromatic carbocycles. The van der Waals surface area contributed by atoms with Crippen LogP contribution in [-0.2, 0) is 0 Å². The Kier molecular flexibility index (Phi) is 4.52. The maximum atomic E-state index is 6.56. The molecule has 0 unspecified atom stereocenters. The van der Waals surface area contributed by atoms with E-state index in [1.54, 1.807) is 0 Å². The predicted octanol–water partition coefficient (Wildman–Crippen LogP) is 4.54. The standard InChI is InChI=1S/C20H20N2/c21-19(16-10-4-1-5-11-16)20(17-12-6-2-7-13-17)22-18-14-8-3-9-15-18/h1-15,19-20,22H,21H2/t19-,20-/m0/s1. The molecule has 3 N–H and O–H groups in total. The lowest BCUT2D eigenvalue weighted by atomic mass is 9.94. The van der Waals surface area contributed by atoms with Crippen LogP contribution in [0.4, 0.5) is 5.69 Å². The second-order valence-corrected chi connectivity index (χ2v) is 5.34. The summed E-state index contributed by atoms with van der Waals surface area (Å²) in [5, 5.41) is 3.57. The van der Waals surface area contributed by atoms with Gasteiger partial charge in [-0.15, -0.1) is 0 Å². The van der Waals surface area contributed by atoms with Crippen molar-refractivity contribution in [1.29, 1.82) is 0 Å². The SMILES string of the molecule is N[C@@H](c1ccccc1)[C@@H](Nc1ccccc1)c1ccccc1. The first-order valence-electron chi connectivity index (χ1n) is 7.51. The largest absolute Gasteiger partial charge is 0.376 e. The van der Waals surface area contributed by atoms with Crippen LogP contribution in [0.1, 0.15) is 23.2 Å². The van der Waals surface area contributed by atoms with Crippen LogP contribution in [0.2, 0.25) is 0 Å². The van der Waals surface area contributed by atoms with Crippen LogP contribution in [0.3, 0.4) is 0 Å². The number of benzene rings is 3. The summed E-state index contributed by atoms with van der Waals surface area (Å²) in [6.45, 7) is 0. The van der Waals surface area contributed by atoms with Gasteiger partial charge in [0.05, 0.1) is 12.1 Å². The van der Waals surface area contributed by atoms with E-state index in [-0.39, 0.29) is 12.1 Å². The summed E-state index contributed by atoms with van der Waals surface area (Å²) < 4.78 is 0. The third-order valence-corrected chi connectivity index (χ3v) is 3.80. The molecular formula is C20H20N2. The van der Waals surface area contributed by atoms with E-state index in [9.17, 15) is 0 Å². The van der Waals surface area contributed by atoms with Crippen LogP contribution >= 0.6 is 0 Å². The van der Waals surface area contributed by atoms with Crippen molar-refractivity contribution in [2.75, 3.05) is 5.32 Å². The van der Waals surface area contributed by atoms with Crippen LogP contribution in [0.15, 0.2) is 91.0 Å². The van der Waals surface area contributed by atoms with Crippen LogP contribution in [0.5, 0.6) is 0 Å². The Morgan fingerprint density at radius 2 is 1.05 bits per heavy atom. The van der Waals surface area contributed by atoms with Gasteiger partial charge >= 0.3 is 0 Å². The molecule has 0 aliphatic heterocycles. The lowest BCUT2D eigenvalue weighted by Gasteiger charge is -2.27. The maximum Gasteiger partial charge on any atom is 0.0706 e. The highest BCUT2D eigenvalue weighted by atomic mass is 15.0. The zero-order valence-corrected chi connectivity index (χ0v) is 12.4. The fraction of sp³-hybridized carbons (Fsp3) is 0.100. The first-order valence-corrected chi connectivity index (χ1v) is 7.51. The molecule has 0 saturated heterocycles. The van der Waals surface area contributed by atoms with Crippen molar-refractivity contribution in [3.63, 3.8) is 0 Å². The van der Waals surface area contributed by atoms with Gasteiger partial charge in [-0.3, -0.25) is 0 Å². The minimum atomic E-state index is -0.121. The van der Waals surface area contributed by atoms with Crippen LogP contribution in [0.25, 0.3) is 0 Å². The van der Waals surface area contributed by atoms with Crippen LogP contribution < -0.4 is 11.1 Å². The third-order valence-electron chi connectivity index (χ3n) is 3.80. The van der Waals surface area contributed by atoms with E-state index < -0.39 is 0 Å². The lowest BCUT2D eigenvalue weighted by Crippen LogP contribution is -2.26. The Morgan fingerprint density at radius 1 is 0.591 bits per heavy atom. The summed E-state index contributed by atoms with van der Waals surface area (Å²) >= 11 is 0. The van der Waals surface area contributed by atoms with Crippen molar-refractivity contribution in [3.8, 4) is 0 Å². The monoisotopic (exact) mass is 288 g/mol. The molecule has 22 heavy (non-hydrogen) atoms. The van der Waals surface area contributed by atoms with Gasteiger partial charge in [0.2, 0.25) is 0 Å². The Labute approximate surface area is 131 Å². The van der Waals surface area contributed by atoms with Crippen molar-refractivity contribution in [3.05, 3.63) is 102 Å². The predicted molar refractivity (Wildman–Crippen MR) is 92.6 cm³/mol. The van der Waals surface area contributed by atoms with Crippen LogP contribution in [0, 0.1) is 0 Å². The third kappa shape index (κ3) is 3.35. The minimum absolute atomic E-state index is 0.0194. The molecule has 0 heterocycles. The molecule has 0 amide bonds. The van der Waals surface area contributed by atoms with Gasteiger partial charge in [0, 0.05) is 5.69 Å². The lowest BCUT2D eigenvalue weighted by molar-refractivity contribution is 0.610. The summed E-state index contributed by atoms with van der Waals surface area (Å²) in [5.41, 5.74) is 9.94. The zero-order valence-electron chi connectivity index (χ0n) is 12.4. The molecule has 2 heteroatoms. The van der Waals surface area contributed by atoms with Gasteiger partial charge in [-0.2, -0.15) is 0 Å². The van der Waals surface area contributed by atoms with E-state index in [1.807, 2.05) is 54.6 Å². The molecule has 0 spiro atoms. The van der Waals surface area contributed by atoms with E-state index in [0.717, 1.165) is 11.3 Å². The Morgan fingerprint density at radius 3 is 1.59 bits per heavy atom. The second-order valence-electron chi connectivity index (χ2n) is 5.34. The molecule has 110 valence electrons. The fourth-order valence-corrected chi connectivity index (χ4v) is 2.62. The van der Waals surface area contributed by atoms with E-state index in [2.05, 4.69) is 41.7 Å². The second kappa shape index (κ2) is 6.92. The topological polar surface area (TPSA) is 38.0 Å². The number of anilines is 1. The normalized spacial score (nSPS) is 13.3. The van der Waals surface area contributed by atoms with Gasteiger partial charge < -0.3 is 11.1 Å². The molecule has 0 radical (unpaired) electrons. The highest BCUT2D eigenvalue weighted by Crippen LogP contribution is 2.30. The highest BCUT2D eigenvalue weighted by molar-refractivity contribution is 5.46. The van der Waals surface area contributed by atoms with E-state index >= 15 is 0 Å². The smallest absolute Gasteiger partial charge is 0.0706 e. The molecule has 2 atom stereocenters. The number of para-hydroxylation sites is 1.